The quantitative estimate of drug-likeness (QED) is 0.682. The molecular formula is C19H18F4N4O. The monoisotopic (exact) mass is 394 g/mol. The number of halogens is 4. The lowest BCUT2D eigenvalue weighted by Crippen LogP contribution is -2.26. The van der Waals surface area contributed by atoms with Gasteiger partial charge in [-0.15, -0.1) is 0 Å². The van der Waals surface area contributed by atoms with Crippen LogP contribution in [-0.4, -0.2) is 20.3 Å². The Labute approximate surface area is 158 Å². The molecule has 1 amide bonds. The fourth-order valence-corrected chi connectivity index (χ4v) is 3.10. The molecule has 2 heterocycles. The van der Waals surface area contributed by atoms with Crippen LogP contribution in [0, 0.1) is 19.7 Å². The zero-order valence-corrected chi connectivity index (χ0v) is 15.4. The fourth-order valence-electron chi connectivity index (χ4n) is 3.10. The summed E-state index contributed by atoms with van der Waals surface area (Å²) in [7, 11) is 1.67. The first kappa shape index (κ1) is 19.7. The average Bonchev–Trinajstić information content (AvgIpc) is 3.14. The van der Waals surface area contributed by atoms with E-state index in [1.54, 1.807) is 7.05 Å². The van der Waals surface area contributed by atoms with Gasteiger partial charge in [0.05, 0.1) is 11.8 Å². The number of benzene rings is 1. The molecule has 5 nitrogen and oxygen atoms in total. The van der Waals surface area contributed by atoms with Crippen LogP contribution in [0.25, 0.3) is 5.82 Å². The summed E-state index contributed by atoms with van der Waals surface area (Å²) in [6, 6.07) is 6.14. The number of carbonyl (C=O) groups is 1. The number of aryl methyl sites for hydroxylation is 3. The van der Waals surface area contributed by atoms with Gasteiger partial charge in [0.25, 0.3) is 5.91 Å². The highest BCUT2D eigenvalue weighted by molar-refractivity contribution is 5.97. The summed E-state index contributed by atoms with van der Waals surface area (Å²) in [5.41, 5.74) is 0.652. The van der Waals surface area contributed by atoms with Crippen LogP contribution >= 0.6 is 0 Å². The Morgan fingerprint density at radius 2 is 1.79 bits per heavy atom. The van der Waals surface area contributed by atoms with Crippen molar-refractivity contribution in [2.75, 3.05) is 0 Å². The van der Waals surface area contributed by atoms with E-state index in [0.29, 0.717) is 11.9 Å². The Hall–Kier alpha value is -3.10. The first-order valence-electron chi connectivity index (χ1n) is 8.40. The standard InChI is InChI=1S/C19H18F4N4O/c1-11-4-5-12(2)27(11)18-15(10-25-26(18)3)17(28)24-9-13-6-7-14(20)8-16(13)19(21,22)23/h4-8,10H,9H2,1-3H3,(H,24,28). The van der Waals surface area contributed by atoms with E-state index >= 15 is 0 Å². The minimum Gasteiger partial charge on any atom is -0.348 e. The second-order valence-corrected chi connectivity index (χ2v) is 6.44. The van der Waals surface area contributed by atoms with Crippen LogP contribution in [0.2, 0.25) is 0 Å². The smallest absolute Gasteiger partial charge is 0.348 e. The van der Waals surface area contributed by atoms with E-state index in [-0.39, 0.29) is 11.1 Å². The van der Waals surface area contributed by atoms with Crippen molar-refractivity contribution in [3.8, 4) is 5.82 Å². The summed E-state index contributed by atoms with van der Waals surface area (Å²) < 4.78 is 56.0. The van der Waals surface area contributed by atoms with Gasteiger partial charge in [0.15, 0.2) is 0 Å². The number of hydrogen-bond donors (Lipinski definition) is 1. The molecule has 9 heteroatoms. The van der Waals surface area contributed by atoms with Gasteiger partial charge in [0, 0.05) is 25.0 Å². The Balaban J connectivity index is 1.89. The van der Waals surface area contributed by atoms with Crippen LogP contribution in [0.3, 0.4) is 0 Å². The van der Waals surface area contributed by atoms with Crippen LogP contribution in [-0.2, 0) is 19.8 Å². The fraction of sp³-hybridized carbons (Fsp3) is 0.263. The molecular weight excluding hydrogens is 376 g/mol. The molecule has 0 aliphatic carbocycles. The highest BCUT2D eigenvalue weighted by atomic mass is 19.4. The van der Waals surface area contributed by atoms with Crippen LogP contribution < -0.4 is 5.32 Å². The number of alkyl halides is 3. The van der Waals surface area contributed by atoms with Crippen molar-refractivity contribution in [1.29, 1.82) is 0 Å². The first-order chi connectivity index (χ1) is 13.1. The molecule has 0 aliphatic rings. The Morgan fingerprint density at radius 1 is 1.14 bits per heavy atom. The van der Waals surface area contributed by atoms with Gasteiger partial charge in [-0.25, -0.2) is 4.39 Å². The molecule has 148 valence electrons. The third-order valence-electron chi connectivity index (χ3n) is 4.45. The maximum Gasteiger partial charge on any atom is 0.416 e. The number of amides is 1. The van der Waals surface area contributed by atoms with E-state index in [1.807, 2.05) is 30.5 Å². The van der Waals surface area contributed by atoms with Crippen LogP contribution in [0.5, 0.6) is 0 Å². The summed E-state index contributed by atoms with van der Waals surface area (Å²) >= 11 is 0. The largest absolute Gasteiger partial charge is 0.416 e. The molecule has 3 aromatic rings. The van der Waals surface area contributed by atoms with Crippen molar-refractivity contribution in [3.63, 3.8) is 0 Å². The second-order valence-electron chi connectivity index (χ2n) is 6.44. The van der Waals surface area contributed by atoms with E-state index in [4.69, 9.17) is 0 Å². The van der Waals surface area contributed by atoms with Gasteiger partial charge >= 0.3 is 6.18 Å². The summed E-state index contributed by atoms with van der Waals surface area (Å²) in [5.74, 6) is -1.06. The second kappa shape index (κ2) is 7.14. The molecule has 28 heavy (non-hydrogen) atoms. The van der Waals surface area contributed by atoms with Crippen molar-refractivity contribution in [2.24, 2.45) is 7.05 Å². The van der Waals surface area contributed by atoms with Gasteiger partial charge in [-0.2, -0.15) is 18.3 Å². The number of carbonyl (C=O) groups excluding carboxylic acids is 1. The SMILES string of the molecule is Cc1ccc(C)n1-c1c(C(=O)NCc2ccc(F)cc2C(F)(F)F)cnn1C. The number of aromatic nitrogens is 3. The molecule has 0 radical (unpaired) electrons. The van der Waals surface area contributed by atoms with E-state index in [0.717, 1.165) is 23.5 Å². The topological polar surface area (TPSA) is 51.9 Å². The zero-order chi connectivity index (χ0) is 20.6. The normalized spacial score (nSPS) is 11.7. The molecule has 0 spiro atoms. The van der Waals surface area contributed by atoms with Crippen LogP contribution in [0.1, 0.15) is 32.9 Å². The maximum atomic E-state index is 13.2. The number of hydrogen-bond acceptors (Lipinski definition) is 2. The van der Waals surface area contributed by atoms with Gasteiger partial charge < -0.3 is 9.88 Å². The third kappa shape index (κ3) is 3.64. The molecule has 0 saturated carbocycles. The highest BCUT2D eigenvalue weighted by Crippen LogP contribution is 2.32. The lowest BCUT2D eigenvalue weighted by Gasteiger charge is -2.15. The average molecular weight is 394 g/mol. The summed E-state index contributed by atoms with van der Waals surface area (Å²) in [5, 5.41) is 6.58. The summed E-state index contributed by atoms with van der Waals surface area (Å²) in [6.07, 6.45) is -3.36. The Kier molecular flexibility index (Phi) is 5.01. The van der Waals surface area contributed by atoms with Crippen molar-refractivity contribution >= 4 is 5.91 Å². The van der Waals surface area contributed by atoms with E-state index in [9.17, 15) is 22.4 Å². The van der Waals surface area contributed by atoms with Crippen molar-refractivity contribution < 1.29 is 22.4 Å². The van der Waals surface area contributed by atoms with Crippen LogP contribution in [0.15, 0.2) is 36.5 Å². The molecule has 2 aromatic heterocycles. The number of nitrogens with one attached hydrogen (secondary N) is 1. The molecule has 0 unspecified atom stereocenters. The third-order valence-corrected chi connectivity index (χ3v) is 4.45. The molecule has 1 aromatic carbocycles. The maximum absolute atomic E-state index is 13.2. The molecule has 0 aliphatic heterocycles. The Bertz CT molecular complexity index is 1010. The lowest BCUT2D eigenvalue weighted by atomic mass is 10.1. The van der Waals surface area contributed by atoms with E-state index in [1.165, 1.54) is 10.9 Å². The molecule has 0 fully saturated rings. The minimum absolute atomic E-state index is 0.221. The zero-order valence-electron chi connectivity index (χ0n) is 15.4. The molecule has 3 rings (SSSR count). The summed E-state index contributed by atoms with van der Waals surface area (Å²) in [6.45, 7) is 3.34. The predicted octanol–water partition coefficient (Wildman–Crippen LogP) is 3.92. The lowest BCUT2D eigenvalue weighted by molar-refractivity contribution is -0.138. The molecule has 0 saturated heterocycles. The van der Waals surface area contributed by atoms with Crippen molar-refractivity contribution in [2.45, 2.75) is 26.6 Å². The highest BCUT2D eigenvalue weighted by Gasteiger charge is 2.34. The van der Waals surface area contributed by atoms with E-state index in [2.05, 4.69) is 10.4 Å². The Morgan fingerprint density at radius 3 is 2.39 bits per heavy atom. The summed E-state index contributed by atoms with van der Waals surface area (Å²) in [4.78, 5) is 12.7. The number of nitrogens with zero attached hydrogens (tertiary/aromatic N) is 3. The van der Waals surface area contributed by atoms with Crippen molar-refractivity contribution in [3.05, 3.63) is 70.4 Å². The molecule has 1 N–H and O–H groups in total. The molecule has 0 bridgehead atoms. The van der Waals surface area contributed by atoms with Gasteiger partial charge in [-0.1, -0.05) is 6.07 Å². The predicted molar refractivity (Wildman–Crippen MR) is 94.6 cm³/mol. The molecule has 0 atom stereocenters. The van der Waals surface area contributed by atoms with Gasteiger partial charge in [-0.3, -0.25) is 9.48 Å². The first-order valence-corrected chi connectivity index (χ1v) is 8.40. The van der Waals surface area contributed by atoms with Gasteiger partial charge in [0.2, 0.25) is 0 Å². The van der Waals surface area contributed by atoms with Crippen LogP contribution in [0.4, 0.5) is 17.6 Å². The van der Waals surface area contributed by atoms with Crippen molar-refractivity contribution in [1.82, 2.24) is 19.7 Å². The van der Waals surface area contributed by atoms with Gasteiger partial charge in [-0.05, 0) is 43.7 Å². The van der Waals surface area contributed by atoms with E-state index < -0.39 is 30.0 Å². The minimum atomic E-state index is -4.72. The number of rotatable bonds is 4. The van der Waals surface area contributed by atoms with Gasteiger partial charge in [0.1, 0.15) is 17.2 Å².